The predicted octanol–water partition coefficient (Wildman–Crippen LogP) is 2.85. The van der Waals surface area contributed by atoms with Crippen molar-refractivity contribution in [3.05, 3.63) is 65.4 Å². The van der Waals surface area contributed by atoms with Crippen molar-refractivity contribution in [2.45, 2.75) is 6.42 Å². The van der Waals surface area contributed by atoms with Gasteiger partial charge in [0.1, 0.15) is 18.1 Å². The first-order valence-corrected chi connectivity index (χ1v) is 12.6. The fourth-order valence-electron chi connectivity index (χ4n) is 4.38. The van der Waals surface area contributed by atoms with E-state index in [4.69, 9.17) is 16.3 Å². The Labute approximate surface area is 227 Å². The number of nitrogens with zero attached hydrogens (tertiary/aromatic N) is 5. The molecule has 0 radical (unpaired) electrons. The molecule has 1 aliphatic heterocycles. The van der Waals surface area contributed by atoms with Crippen molar-refractivity contribution in [3.8, 4) is 16.9 Å². The van der Waals surface area contributed by atoms with Crippen LogP contribution < -0.4 is 15.5 Å². The molecule has 11 heteroatoms. The maximum absolute atomic E-state index is 13.7. The molecule has 0 bridgehead atoms. The molecule has 1 unspecified atom stereocenters. The van der Waals surface area contributed by atoms with Gasteiger partial charge in [-0.1, -0.05) is 29.8 Å². The predicted molar refractivity (Wildman–Crippen MR) is 148 cm³/mol. The van der Waals surface area contributed by atoms with Crippen LogP contribution in [0.15, 0.2) is 59.9 Å². The minimum Gasteiger partial charge on any atom is -0.496 e. The molecule has 2 amide bonds. The summed E-state index contributed by atoms with van der Waals surface area (Å²) in [4.78, 5) is 32.9. The van der Waals surface area contributed by atoms with E-state index >= 15 is 0 Å². The van der Waals surface area contributed by atoms with E-state index in [1.807, 2.05) is 57.7 Å². The molecule has 10 nitrogen and oxygen atoms in total. The molecule has 0 aliphatic carbocycles. The lowest BCUT2D eigenvalue weighted by Crippen LogP contribution is -2.47. The van der Waals surface area contributed by atoms with Gasteiger partial charge in [0.25, 0.3) is 0 Å². The number of aliphatic imine (C=N–C) groups is 1. The molecule has 200 valence electrons. The summed E-state index contributed by atoms with van der Waals surface area (Å²) in [6.45, 7) is 0.311. The number of ether oxygens (including phenoxy) is 1. The molecule has 1 atom stereocenters. The van der Waals surface area contributed by atoms with Gasteiger partial charge in [0.2, 0.25) is 11.8 Å². The monoisotopic (exact) mass is 537 g/mol. The van der Waals surface area contributed by atoms with Crippen LogP contribution in [0, 0.1) is 5.92 Å². The molecule has 2 heterocycles. The Morgan fingerprint density at radius 3 is 2.71 bits per heavy atom. The number of aromatic nitrogens is 2. The van der Waals surface area contributed by atoms with Crippen molar-refractivity contribution >= 4 is 34.9 Å². The van der Waals surface area contributed by atoms with E-state index in [1.165, 1.54) is 4.90 Å². The smallest absolute Gasteiger partial charge is 0.244 e. The quantitative estimate of drug-likeness (QED) is 0.428. The average molecular weight is 538 g/mol. The van der Waals surface area contributed by atoms with Crippen LogP contribution in [0.2, 0.25) is 5.02 Å². The summed E-state index contributed by atoms with van der Waals surface area (Å²) in [6.07, 6.45) is 4.01. The number of hydrazine groups is 1. The van der Waals surface area contributed by atoms with E-state index in [9.17, 15) is 9.59 Å². The number of carbonyl (C=O) groups excluding carboxylic acids is 2. The maximum Gasteiger partial charge on any atom is 0.244 e. The minimum absolute atomic E-state index is 0.125. The Bertz CT molecular complexity index is 1340. The largest absolute Gasteiger partial charge is 0.496 e. The highest BCUT2D eigenvalue weighted by molar-refractivity contribution is 6.31. The molecule has 4 rings (SSSR count). The third-order valence-corrected chi connectivity index (χ3v) is 6.48. The highest BCUT2D eigenvalue weighted by Crippen LogP contribution is 2.30. The molecular weight excluding hydrogens is 506 g/mol. The van der Waals surface area contributed by atoms with Gasteiger partial charge in [0.05, 0.1) is 32.3 Å². The summed E-state index contributed by atoms with van der Waals surface area (Å²) in [5.74, 6) is 0.227. The number of rotatable bonds is 8. The summed E-state index contributed by atoms with van der Waals surface area (Å²) in [5.41, 5.74) is 6.39. The summed E-state index contributed by atoms with van der Waals surface area (Å²) in [7, 11) is 7.10. The summed E-state index contributed by atoms with van der Waals surface area (Å²) in [5, 5.41) is 9.41. The fourth-order valence-corrected chi connectivity index (χ4v) is 4.62. The lowest BCUT2D eigenvalue weighted by molar-refractivity contribution is -0.137. The van der Waals surface area contributed by atoms with Gasteiger partial charge in [-0.3, -0.25) is 19.3 Å². The molecule has 3 aromatic rings. The maximum atomic E-state index is 13.7. The second-order valence-electron chi connectivity index (χ2n) is 9.34. The first-order chi connectivity index (χ1) is 18.2. The van der Waals surface area contributed by atoms with E-state index in [-0.39, 0.29) is 31.4 Å². The van der Waals surface area contributed by atoms with Gasteiger partial charge in [0, 0.05) is 49.2 Å². The fraction of sp³-hybridized carbons (Fsp3) is 0.333. The van der Waals surface area contributed by atoms with E-state index in [1.54, 1.807) is 35.1 Å². The topological polar surface area (TPSA) is 104 Å². The third kappa shape index (κ3) is 6.70. The second kappa shape index (κ2) is 12.1. The van der Waals surface area contributed by atoms with E-state index in [2.05, 4.69) is 20.8 Å². The number of amides is 2. The lowest BCUT2D eigenvalue weighted by atomic mass is 9.97. The molecule has 0 fully saturated rings. The minimum atomic E-state index is -0.507. The van der Waals surface area contributed by atoms with Crippen molar-refractivity contribution in [2.75, 3.05) is 46.2 Å². The average Bonchev–Trinajstić information content (AvgIpc) is 3.26. The van der Waals surface area contributed by atoms with Gasteiger partial charge in [-0.2, -0.15) is 5.10 Å². The first kappa shape index (κ1) is 27.2. The number of aryl methyl sites for hydroxylation is 1. The summed E-state index contributed by atoms with van der Waals surface area (Å²) in [6, 6.07) is 12.9. The number of nitrogens with one attached hydrogen (secondary N) is 2. The standard InChI is InChI=1S/C27H32ClN7O3/c1-33(2)32-25-16-35(27(37)19(13-29-25)12-22-23(28)9-6-10-24(22)38-4)17-26(36)31-21-8-5-7-18(11-21)20-14-30-34(3)15-20/h5-11,14-15,19H,12-13,16-17H2,1-4H3,(H,29,32)(H,31,36). The normalized spacial score (nSPS) is 15.7. The van der Waals surface area contributed by atoms with E-state index < -0.39 is 5.92 Å². The number of methoxy groups -OCH3 is 1. The van der Waals surface area contributed by atoms with Crippen LogP contribution in [-0.4, -0.2) is 78.2 Å². The SMILES string of the molecule is COc1cccc(Cl)c1CC1CN=C(NN(C)C)CN(CC(=O)Nc2cccc(-c3cnn(C)c3)c2)C1=O. The number of hydrogen-bond donors (Lipinski definition) is 2. The molecule has 1 aromatic heterocycles. The lowest BCUT2D eigenvalue weighted by Gasteiger charge is -2.25. The second-order valence-corrected chi connectivity index (χ2v) is 9.75. The van der Waals surface area contributed by atoms with Gasteiger partial charge in [-0.05, 0) is 36.2 Å². The molecule has 0 spiro atoms. The zero-order valence-corrected chi connectivity index (χ0v) is 22.7. The number of benzene rings is 2. The number of anilines is 1. The van der Waals surface area contributed by atoms with Crippen molar-refractivity contribution in [2.24, 2.45) is 18.0 Å². The van der Waals surface area contributed by atoms with Crippen LogP contribution in [0.25, 0.3) is 11.1 Å². The molecule has 2 aromatic carbocycles. The Morgan fingerprint density at radius 2 is 2.00 bits per heavy atom. The highest BCUT2D eigenvalue weighted by Gasteiger charge is 2.31. The van der Waals surface area contributed by atoms with Gasteiger partial charge in [-0.25, -0.2) is 5.01 Å². The van der Waals surface area contributed by atoms with Gasteiger partial charge < -0.3 is 20.4 Å². The van der Waals surface area contributed by atoms with Crippen molar-refractivity contribution in [1.82, 2.24) is 25.1 Å². The highest BCUT2D eigenvalue weighted by atomic mass is 35.5. The zero-order valence-electron chi connectivity index (χ0n) is 21.9. The van der Waals surface area contributed by atoms with Crippen molar-refractivity contribution in [3.63, 3.8) is 0 Å². The van der Waals surface area contributed by atoms with Gasteiger partial charge in [0.15, 0.2) is 0 Å². The molecule has 2 N–H and O–H groups in total. The molecule has 38 heavy (non-hydrogen) atoms. The third-order valence-electron chi connectivity index (χ3n) is 6.12. The van der Waals surface area contributed by atoms with Gasteiger partial charge in [-0.15, -0.1) is 0 Å². The van der Waals surface area contributed by atoms with E-state index in [0.717, 1.165) is 16.7 Å². The number of halogens is 1. The van der Waals surface area contributed by atoms with Crippen molar-refractivity contribution in [1.29, 1.82) is 0 Å². The Balaban J connectivity index is 1.52. The number of carbonyl (C=O) groups is 2. The Hall–Kier alpha value is -3.89. The van der Waals surface area contributed by atoms with Crippen LogP contribution in [0.3, 0.4) is 0 Å². The molecule has 1 aliphatic rings. The van der Waals surface area contributed by atoms with E-state index in [0.29, 0.717) is 28.7 Å². The van der Waals surface area contributed by atoms with Crippen LogP contribution in [0.4, 0.5) is 5.69 Å². The van der Waals surface area contributed by atoms with Crippen LogP contribution in [-0.2, 0) is 23.1 Å². The molecule has 0 saturated heterocycles. The Kier molecular flexibility index (Phi) is 8.65. The van der Waals surface area contributed by atoms with Crippen LogP contribution in [0.5, 0.6) is 5.75 Å². The summed E-state index contributed by atoms with van der Waals surface area (Å²) >= 11 is 6.45. The number of amidine groups is 1. The Morgan fingerprint density at radius 1 is 1.21 bits per heavy atom. The first-order valence-electron chi connectivity index (χ1n) is 12.2. The van der Waals surface area contributed by atoms with Gasteiger partial charge >= 0.3 is 0 Å². The summed E-state index contributed by atoms with van der Waals surface area (Å²) < 4.78 is 7.20. The molecular formula is C27H32ClN7O3. The zero-order chi connectivity index (χ0) is 27.2. The van der Waals surface area contributed by atoms with Crippen LogP contribution in [0.1, 0.15) is 5.56 Å². The molecule has 0 saturated carbocycles. The van der Waals surface area contributed by atoms with Crippen molar-refractivity contribution < 1.29 is 14.3 Å². The van der Waals surface area contributed by atoms with Crippen LogP contribution >= 0.6 is 11.6 Å². The number of hydrogen-bond acceptors (Lipinski definition) is 7.